The molecule has 6 heteroatoms. The van der Waals surface area contributed by atoms with Crippen molar-refractivity contribution >= 4 is 0 Å². The third-order valence-corrected chi connectivity index (χ3v) is 2.25. The Morgan fingerprint density at radius 3 is 2.20 bits per heavy atom. The molecule has 1 saturated heterocycles. The molecule has 6 nitrogen and oxygen atoms in total. The van der Waals surface area contributed by atoms with Crippen LogP contribution in [0.4, 0.5) is 0 Å². The molecule has 0 aromatic rings. The predicted octanol–water partition coefficient (Wildman–Crippen LogP) is -1.79. The van der Waals surface area contributed by atoms with E-state index in [1.807, 2.05) is 0 Å². The van der Waals surface area contributed by atoms with Gasteiger partial charge in [-0.2, -0.15) is 0 Å². The molecule has 0 aromatic heterocycles. The van der Waals surface area contributed by atoms with Crippen molar-refractivity contribution in [1.29, 1.82) is 0 Å². The van der Waals surface area contributed by atoms with E-state index in [0.29, 0.717) is 0 Å². The molecule has 0 radical (unpaired) electrons. The second-order valence-corrected chi connectivity index (χ2v) is 3.88. The van der Waals surface area contributed by atoms with Crippen LogP contribution in [0.3, 0.4) is 0 Å². The van der Waals surface area contributed by atoms with Gasteiger partial charge in [0.2, 0.25) is 0 Å². The first kappa shape index (κ1) is 12.8. The van der Waals surface area contributed by atoms with Crippen LogP contribution in [0.5, 0.6) is 0 Å². The van der Waals surface area contributed by atoms with Crippen LogP contribution in [0.2, 0.25) is 0 Å². The first-order valence-corrected chi connectivity index (χ1v) is 4.93. The zero-order valence-corrected chi connectivity index (χ0v) is 8.78. The standard InChI is InChI=1S/C9H18O6/c1-4(2)14-9-8(13)7(12)6(11)5(3-10)15-9/h4-13H,3H2,1-2H3/t5?,6-,7+,8?,9+/m0/s1. The van der Waals surface area contributed by atoms with Crippen molar-refractivity contribution in [2.24, 2.45) is 0 Å². The predicted molar refractivity (Wildman–Crippen MR) is 50.0 cm³/mol. The van der Waals surface area contributed by atoms with Gasteiger partial charge in [0.05, 0.1) is 12.7 Å². The van der Waals surface area contributed by atoms with Gasteiger partial charge >= 0.3 is 0 Å². The molecule has 1 heterocycles. The van der Waals surface area contributed by atoms with E-state index in [2.05, 4.69) is 0 Å². The molecule has 0 bridgehead atoms. The Morgan fingerprint density at radius 1 is 1.13 bits per heavy atom. The highest BCUT2D eigenvalue weighted by molar-refractivity contribution is 4.88. The molecule has 1 fully saturated rings. The Hall–Kier alpha value is -0.240. The maximum Gasteiger partial charge on any atom is 0.186 e. The minimum Gasteiger partial charge on any atom is -0.394 e. The minimum atomic E-state index is -1.38. The molecule has 15 heavy (non-hydrogen) atoms. The summed E-state index contributed by atoms with van der Waals surface area (Å²) in [6.45, 7) is 3.06. The lowest BCUT2D eigenvalue weighted by atomic mass is 9.99. The minimum absolute atomic E-state index is 0.188. The molecule has 5 atom stereocenters. The summed E-state index contributed by atoms with van der Waals surface area (Å²) >= 11 is 0. The summed E-state index contributed by atoms with van der Waals surface area (Å²) in [6.07, 6.45) is -6.15. The zero-order valence-electron chi connectivity index (χ0n) is 8.78. The van der Waals surface area contributed by atoms with Gasteiger partial charge in [0.15, 0.2) is 6.29 Å². The Kier molecular flexibility index (Phi) is 4.45. The van der Waals surface area contributed by atoms with Crippen molar-refractivity contribution < 1.29 is 29.9 Å². The quantitative estimate of drug-likeness (QED) is 0.450. The molecule has 1 rings (SSSR count). The van der Waals surface area contributed by atoms with E-state index in [1.165, 1.54) is 0 Å². The molecule has 0 amide bonds. The molecular weight excluding hydrogens is 204 g/mol. The molecule has 4 N–H and O–H groups in total. The monoisotopic (exact) mass is 222 g/mol. The highest BCUT2D eigenvalue weighted by atomic mass is 16.7. The molecule has 90 valence electrons. The second-order valence-electron chi connectivity index (χ2n) is 3.88. The van der Waals surface area contributed by atoms with Crippen molar-refractivity contribution in [3.05, 3.63) is 0 Å². The van der Waals surface area contributed by atoms with Gasteiger partial charge in [-0.05, 0) is 13.8 Å². The van der Waals surface area contributed by atoms with E-state index in [0.717, 1.165) is 0 Å². The number of rotatable bonds is 3. The van der Waals surface area contributed by atoms with Crippen molar-refractivity contribution in [3.8, 4) is 0 Å². The smallest absolute Gasteiger partial charge is 0.186 e. The summed E-state index contributed by atoms with van der Waals surface area (Å²) in [5.41, 5.74) is 0. The van der Waals surface area contributed by atoms with E-state index in [1.54, 1.807) is 13.8 Å². The average Bonchev–Trinajstić information content (AvgIpc) is 2.18. The lowest BCUT2D eigenvalue weighted by Gasteiger charge is -2.40. The average molecular weight is 222 g/mol. The van der Waals surface area contributed by atoms with Gasteiger partial charge in [0.1, 0.15) is 24.4 Å². The van der Waals surface area contributed by atoms with Crippen LogP contribution >= 0.6 is 0 Å². The van der Waals surface area contributed by atoms with Gasteiger partial charge in [-0.1, -0.05) is 0 Å². The van der Waals surface area contributed by atoms with E-state index < -0.39 is 37.3 Å². The maximum absolute atomic E-state index is 9.53. The Balaban J connectivity index is 2.65. The fourth-order valence-corrected chi connectivity index (χ4v) is 1.45. The topological polar surface area (TPSA) is 99.4 Å². The van der Waals surface area contributed by atoms with Crippen LogP contribution in [0.1, 0.15) is 13.8 Å². The highest BCUT2D eigenvalue weighted by Gasteiger charge is 2.44. The molecule has 0 aromatic carbocycles. The maximum atomic E-state index is 9.53. The highest BCUT2D eigenvalue weighted by Crippen LogP contribution is 2.22. The Labute approximate surface area is 88.1 Å². The van der Waals surface area contributed by atoms with Gasteiger partial charge in [0.25, 0.3) is 0 Å². The third-order valence-electron chi connectivity index (χ3n) is 2.25. The fraction of sp³-hybridized carbons (Fsp3) is 1.00. The SMILES string of the molecule is CC(C)O[C@@H]1OC(CO)[C@H](O)[C@@H](O)C1O. The van der Waals surface area contributed by atoms with E-state index in [9.17, 15) is 15.3 Å². The molecular formula is C9H18O6. The van der Waals surface area contributed by atoms with Gasteiger partial charge in [0, 0.05) is 0 Å². The summed E-state index contributed by atoms with van der Waals surface area (Å²) in [5, 5.41) is 37.3. The van der Waals surface area contributed by atoms with Crippen molar-refractivity contribution in [2.75, 3.05) is 6.61 Å². The molecule has 1 aliphatic heterocycles. The summed E-state index contributed by atoms with van der Waals surface area (Å²) < 4.78 is 10.3. The molecule has 2 unspecified atom stereocenters. The van der Waals surface area contributed by atoms with Crippen LogP contribution in [-0.2, 0) is 9.47 Å². The number of aliphatic hydroxyl groups excluding tert-OH is 4. The number of aliphatic hydroxyl groups is 4. The molecule has 1 aliphatic rings. The van der Waals surface area contributed by atoms with Crippen molar-refractivity contribution in [2.45, 2.75) is 50.7 Å². The Morgan fingerprint density at radius 2 is 1.73 bits per heavy atom. The van der Waals surface area contributed by atoms with Crippen molar-refractivity contribution in [3.63, 3.8) is 0 Å². The lowest BCUT2D eigenvalue weighted by molar-refractivity contribution is -0.308. The van der Waals surface area contributed by atoms with Crippen molar-refractivity contribution in [1.82, 2.24) is 0 Å². The lowest BCUT2D eigenvalue weighted by Crippen LogP contribution is -2.59. The zero-order chi connectivity index (χ0) is 11.6. The summed E-state index contributed by atoms with van der Waals surface area (Å²) in [6, 6.07) is 0. The number of ether oxygens (including phenoxy) is 2. The third kappa shape index (κ3) is 2.87. The van der Waals surface area contributed by atoms with Gasteiger partial charge in [-0.25, -0.2) is 0 Å². The largest absolute Gasteiger partial charge is 0.394 e. The van der Waals surface area contributed by atoms with E-state index >= 15 is 0 Å². The molecule has 0 saturated carbocycles. The molecule has 0 aliphatic carbocycles. The first-order chi connectivity index (χ1) is 6.97. The fourth-order valence-electron chi connectivity index (χ4n) is 1.45. The van der Waals surface area contributed by atoms with Crippen LogP contribution in [0.25, 0.3) is 0 Å². The van der Waals surface area contributed by atoms with E-state index in [-0.39, 0.29) is 6.10 Å². The normalized spacial score (nSPS) is 42.2. The first-order valence-electron chi connectivity index (χ1n) is 4.93. The van der Waals surface area contributed by atoms with Crippen LogP contribution in [-0.4, -0.2) is 63.8 Å². The second kappa shape index (κ2) is 5.20. The number of hydrogen-bond donors (Lipinski definition) is 4. The van der Waals surface area contributed by atoms with Crippen LogP contribution in [0, 0.1) is 0 Å². The van der Waals surface area contributed by atoms with Gasteiger partial charge in [-0.3, -0.25) is 0 Å². The van der Waals surface area contributed by atoms with E-state index in [4.69, 9.17) is 14.6 Å². The number of hydrogen-bond acceptors (Lipinski definition) is 6. The molecule has 0 spiro atoms. The van der Waals surface area contributed by atoms with Crippen LogP contribution < -0.4 is 0 Å². The summed E-state index contributed by atoms with van der Waals surface area (Å²) in [7, 11) is 0. The van der Waals surface area contributed by atoms with Gasteiger partial charge < -0.3 is 29.9 Å². The summed E-state index contributed by atoms with van der Waals surface area (Å²) in [4.78, 5) is 0. The summed E-state index contributed by atoms with van der Waals surface area (Å²) in [5.74, 6) is 0. The Bertz CT molecular complexity index is 195. The van der Waals surface area contributed by atoms with Crippen LogP contribution in [0.15, 0.2) is 0 Å². The van der Waals surface area contributed by atoms with Gasteiger partial charge in [-0.15, -0.1) is 0 Å².